The molecule has 0 radical (unpaired) electrons. The number of carbonyl (C=O) groups excluding carboxylic acids is 2. The second kappa shape index (κ2) is 9.20. The molecule has 0 spiro atoms. The van der Waals surface area contributed by atoms with Crippen molar-refractivity contribution in [3.05, 3.63) is 35.4 Å². The van der Waals surface area contributed by atoms with Crippen LogP contribution in [-0.2, 0) is 4.74 Å². The lowest BCUT2D eigenvalue weighted by Crippen LogP contribution is -2.57. The molecule has 0 atom stereocenters. The quantitative estimate of drug-likeness (QED) is 0.812. The van der Waals surface area contributed by atoms with E-state index in [1.54, 1.807) is 36.3 Å². The van der Waals surface area contributed by atoms with E-state index in [2.05, 4.69) is 10.6 Å². The molecular formula is C19H26N4O3. The van der Waals surface area contributed by atoms with E-state index < -0.39 is 5.54 Å². The average Bonchev–Trinajstić information content (AvgIpc) is 2.67. The molecule has 3 amide bonds. The molecule has 1 aromatic carbocycles. The molecule has 1 fully saturated rings. The summed E-state index contributed by atoms with van der Waals surface area (Å²) in [7, 11) is 1.64. The number of urea groups is 1. The van der Waals surface area contributed by atoms with Crippen molar-refractivity contribution in [2.24, 2.45) is 0 Å². The number of hydrogen-bond donors (Lipinski definition) is 2. The van der Waals surface area contributed by atoms with Crippen LogP contribution in [0.25, 0.3) is 0 Å². The predicted molar refractivity (Wildman–Crippen MR) is 97.7 cm³/mol. The van der Waals surface area contributed by atoms with Crippen LogP contribution in [-0.4, -0.2) is 55.7 Å². The van der Waals surface area contributed by atoms with Crippen molar-refractivity contribution in [1.29, 1.82) is 5.26 Å². The van der Waals surface area contributed by atoms with Gasteiger partial charge in [-0.25, -0.2) is 4.79 Å². The van der Waals surface area contributed by atoms with Crippen LogP contribution >= 0.6 is 0 Å². The Kier molecular flexibility index (Phi) is 6.98. The monoisotopic (exact) mass is 358 g/mol. The molecule has 1 aliphatic heterocycles. The minimum Gasteiger partial charge on any atom is -0.385 e. The summed E-state index contributed by atoms with van der Waals surface area (Å²) in [6, 6.07) is 8.56. The molecule has 0 unspecified atom stereocenters. The van der Waals surface area contributed by atoms with Gasteiger partial charge < -0.3 is 20.3 Å². The first kappa shape index (κ1) is 19.7. The van der Waals surface area contributed by atoms with Crippen molar-refractivity contribution < 1.29 is 14.3 Å². The first-order chi connectivity index (χ1) is 12.5. The van der Waals surface area contributed by atoms with Crippen molar-refractivity contribution in [1.82, 2.24) is 15.5 Å². The molecular weight excluding hydrogens is 332 g/mol. The van der Waals surface area contributed by atoms with Gasteiger partial charge in [-0.2, -0.15) is 5.26 Å². The van der Waals surface area contributed by atoms with Gasteiger partial charge in [-0.15, -0.1) is 0 Å². The molecule has 7 heteroatoms. The SMILES string of the molecule is CCNC(=O)N1CCC(CCOC)(NC(=O)c2ccc(C#N)cc2)CC1. The van der Waals surface area contributed by atoms with Crippen molar-refractivity contribution in [3.63, 3.8) is 0 Å². The van der Waals surface area contributed by atoms with Gasteiger partial charge in [0.2, 0.25) is 0 Å². The van der Waals surface area contributed by atoms with Gasteiger partial charge in [0.1, 0.15) is 0 Å². The summed E-state index contributed by atoms with van der Waals surface area (Å²) in [5, 5.41) is 14.8. The number of benzene rings is 1. The number of methoxy groups -OCH3 is 1. The third-order valence-electron chi connectivity index (χ3n) is 4.78. The molecule has 1 aromatic rings. The van der Waals surface area contributed by atoms with E-state index in [-0.39, 0.29) is 11.9 Å². The van der Waals surface area contributed by atoms with Crippen molar-refractivity contribution in [3.8, 4) is 6.07 Å². The Hall–Kier alpha value is -2.59. The number of hydrogen-bond acceptors (Lipinski definition) is 4. The molecule has 1 saturated heterocycles. The zero-order valence-corrected chi connectivity index (χ0v) is 15.4. The first-order valence-electron chi connectivity index (χ1n) is 8.88. The van der Waals surface area contributed by atoms with Crippen LogP contribution in [0.1, 0.15) is 42.1 Å². The summed E-state index contributed by atoms with van der Waals surface area (Å²) in [6.07, 6.45) is 2.04. The lowest BCUT2D eigenvalue weighted by atomic mass is 9.84. The predicted octanol–water partition coefficient (Wildman–Crippen LogP) is 1.89. The first-order valence-corrected chi connectivity index (χ1v) is 8.88. The van der Waals surface area contributed by atoms with Gasteiger partial charge in [-0.1, -0.05) is 0 Å². The van der Waals surface area contributed by atoms with Gasteiger partial charge in [-0.05, 0) is 50.5 Å². The van der Waals surface area contributed by atoms with Gasteiger partial charge in [0.15, 0.2) is 0 Å². The summed E-state index contributed by atoms with van der Waals surface area (Å²) >= 11 is 0. The van der Waals surface area contributed by atoms with Gasteiger partial charge >= 0.3 is 6.03 Å². The smallest absolute Gasteiger partial charge is 0.317 e. The standard InChI is InChI=1S/C19H26N4O3/c1-3-21-18(25)23-11-8-19(9-12-23,10-13-26-2)22-17(24)16-6-4-15(14-20)5-7-16/h4-7H,3,8-13H2,1-2H3,(H,21,25)(H,22,24). The minimum atomic E-state index is -0.399. The minimum absolute atomic E-state index is 0.0636. The van der Waals surface area contributed by atoms with Crippen molar-refractivity contribution in [2.75, 3.05) is 33.4 Å². The largest absolute Gasteiger partial charge is 0.385 e. The number of likely N-dealkylation sites (tertiary alicyclic amines) is 1. The highest BCUT2D eigenvalue weighted by molar-refractivity contribution is 5.94. The summed E-state index contributed by atoms with van der Waals surface area (Å²) in [5.41, 5.74) is 0.641. The van der Waals surface area contributed by atoms with E-state index in [9.17, 15) is 9.59 Å². The summed E-state index contributed by atoms with van der Waals surface area (Å²) in [5.74, 6) is -0.169. The molecule has 2 N–H and O–H groups in total. The van der Waals surface area contributed by atoms with E-state index >= 15 is 0 Å². The average molecular weight is 358 g/mol. The number of rotatable bonds is 6. The van der Waals surface area contributed by atoms with E-state index in [1.165, 1.54) is 0 Å². The Bertz CT molecular complexity index is 658. The van der Waals surface area contributed by atoms with Gasteiger partial charge in [0, 0.05) is 44.5 Å². The third-order valence-corrected chi connectivity index (χ3v) is 4.78. The van der Waals surface area contributed by atoms with Gasteiger partial charge in [-0.3, -0.25) is 4.79 Å². The molecule has 2 rings (SSSR count). The lowest BCUT2D eigenvalue weighted by Gasteiger charge is -2.42. The van der Waals surface area contributed by atoms with Crippen LogP contribution in [0, 0.1) is 11.3 Å². The molecule has 26 heavy (non-hydrogen) atoms. The number of piperidine rings is 1. The highest BCUT2D eigenvalue weighted by Crippen LogP contribution is 2.26. The van der Waals surface area contributed by atoms with E-state index in [0.717, 1.165) is 0 Å². The van der Waals surface area contributed by atoms with Gasteiger partial charge in [0.05, 0.1) is 11.6 Å². The second-order valence-electron chi connectivity index (χ2n) is 6.49. The molecule has 140 valence electrons. The number of nitrogens with zero attached hydrogens (tertiary/aromatic N) is 2. The van der Waals surface area contributed by atoms with Crippen LogP contribution < -0.4 is 10.6 Å². The highest BCUT2D eigenvalue weighted by atomic mass is 16.5. The molecule has 0 saturated carbocycles. The maximum Gasteiger partial charge on any atom is 0.317 e. The third kappa shape index (κ3) is 4.96. The highest BCUT2D eigenvalue weighted by Gasteiger charge is 2.37. The molecule has 0 aromatic heterocycles. The Morgan fingerprint density at radius 3 is 2.46 bits per heavy atom. The van der Waals surface area contributed by atoms with Crippen molar-refractivity contribution >= 4 is 11.9 Å². The molecule has 7 nitrogen and oxygen atoms in total. The van der Waals surface area contributed by atoms with Gasteiger partial charge in [0.25, 0.3) is 5.91 Å². The van der Waals surface area contributed by atoms with Crippen LogP contribution in [0.4, 0.5) is 4.79 Å². The Morgan fingerprint density at radius 2 is 1.92 bits per heavy atom. The maximum atomic E-state index is 12.7. The number of amides is 3. The normalized spacial score (nSPS) is 15.8. The fourth-order valence-electron chi connectivity index (χ4n) is 3.14. The van der Waals surface area contributed by atoms with E-state index in [1.807, 2.05) is 13.0 Å². The maximum absolute atomic E-state index is 12.7. The second-order valence-corrected chi connectivity index (χ2v) is 6.49. The van der Waals surface area contributed by atoms with Crippen LogP contribution in [0.15, 0.2) is 24.3 Å². The molecule has 1 heterocycles. The van der Waals surface area contributed by atoms with Crippen molar-refractivity contribution in [2.45, 2.75) is 31.7 Å². The molecule has 0 aliphatic carbocycles. The topological polar surface area (TPSA) is 94.5 Å². The zero-order valence-electron chi connectivity index (χ0n) is 15.4. The fourth-order valence-corrected chi connectivity index (χ4v) is 3.14. The summed E-state index contributed by atoms with van der Waals surface area (Å²) < 4.78 is 5.22. The van der Waals surface area contributed by atoms with E-state index in [4.69, 9.17) is 10.00 Å². The van der Waals surface area contributed by atoms with Crippen LogP contribution in [0.5, 0.6) is 0 Å². The fraction of sp³-hybridized carbons (Fsp3) is 0.526. The number of carbonyl (C=O) groups is 2. The Balaban J connectivity index is 2.06. The number of nitrogens with one attached hydrogen (secondary N) is 2. The van der Waals surface area contributed by atoms with E-state index in [0.29, 0.717) is 56.6 Å². The molecule has 1 aliphatic rings. The number of ether oxygens (including phenoxy) is 1. The van der Waals surface area contributed by atoms with Crippen LogP contribution in [0.2, 0.25) is 0 Å². The Morgan fingerprint density at radius 1 is 1.27 bits per heavy atom. The van der Waals surface area contributed by atoms with Crippen LogP contribution in [0.3, 0.4) is 0 Å². The lowest BCUT2D eigenvalue weighted by molar-refractivity contribution is 0.0746. The molecule has 0 bridgehead atoms. The number of nitriles is 1. The zero-order chi connectivity index (χ0) is 19.0. The summed E-state index contributed by atoms with van der Waals surface area (Å²) in [4.78, 5) is 26.5. The Labute approximate surface area is 154 Å². The summed E-state index contributed by atoms with van der Waals surface area (Å²) in [6.45, 7) is 4.20.